The van der Waals surface area contributed by atoms with Crippen LogP contribution in [0.5, 0.6) is 0 Å². The van der Waals surface area contributed by atoms with Gasteiger partial charge < -0.3 is 4.57 Å². The maximum atomic E-state index is 4.07. The van der Waals surface area contributed by atoms with E-state index in [1.807, 2.05) is 29.8 Å². The largest absolute Gasteiger partial charge is 0.312 e. The molecule has 0 aliphatic carbocycles. The third-order valence-electron chi connectivity index (χ3n) is 2.78. The molecule has 2 heterocycles. The number of aryl methyl sites for hydroxylation is 1. The number of hydrogen-bond acceptors (Lipinski definition) is 6. The van der Waals surface area contributed by atoms with Crippen LogP contribution in [0.4, 0.5) is 0 Å². The highest BCUT2D eigenvalue weighted by atomic mass is 32.2. The summed E-state index contributed by atoms with van der Waals surface area (Å²) >= 11 is 1.56. The molecule has 20 heavy (non-hydrogen) atoms. The molecule has 0 saturated carbocycles. The first-order valence-corrected chi connectivity index (χ1v) is 7.07. The molecule has 0 aliphatic heterocycles. The smallest absolute Gasteiger partial charge is 0.191 e. The molecule has 0 aliphatic rings. The van der Waals surface area contributed by atoms with Crippen molar-refractivity contribution in [2.45, 2.75) is 17.5 Å². The molecule has 2 aromatic heterocycles. The van der Waals surface area contributed by atoms with Crippen LogP contribution < -0.4 is 0 Å². The standard InChI is InChI=1S/C12H13N7S/c1-18-9-13-15-12(18)20-8-11-14-16-17-19(11)7-10-5-3-2-4-6-10/h2-6,9H,7-8H2,1H3. The normalized spacial score (nSPS) is 10.8. The summed E-state index contributed by atoms with van der Waals surface area (Å²) in [6, 6.07) is 10.1. The van der Waals surface area contributed by atoms with Crippen molar-refractivity contribution in [3.8, 4) is 0 Å². The fraction of sp³-hybridized carbons (Fsp3) is 0.250. The number of nitrogens with zero attached hydrogens (tertiary/aromatic N) is 7. The van der Waals surface area contributed by atoms with Gasteiger partial charge in [0.1, 0.15) is 6.33 Å². The van der Waals surface area contributed by atoms with Crippen LogP contribution in [0.15, 0.2) is 41.8 Å². The average molecular weight is 287 g/mol. The lowest BCUT2D eigenvalue weighted by Crippen LogP contribution is -2.06. The van der Waals surface area contributed by atoms with Gasteiger partial charge in [0.25, 0.3) is 0 Å². The first-order chi connectivity index (χ1) is 9.83. The van der Waals surface area contributed by atoms with Crippen molar-refractivity contribution in [1.82, 2.24) is 35.0 Å². The van der Waals surface area contributed by atoms with Gasteiger partial charge in [0, 0.05) is 7.05 Å². The highest BCUT2D eigenvalue weighted by molar-refractivity contribution is 7.98. The SMILES string of the molecule is Cn1cnnc1SCc1nnnn1Cc1ccccc1. The van der Waals surface area contributed by atoms with Crippen molar-refractivity contribution >= 4 is 11.8 Å². The van der Waals surface area contributed by atoms with E-state index in [-0.39, 0.29) is 0 Å². The summed E-state index contributed by atoms with van der Waals surface area (Å²) in [5.41, 5.74) is 1.17. The molecule has 1 aromatic carbocycles. The highest BCUT2D eigenvalue weighted by Gasteiger charge is 2.09. The monoisotopic (exact) mass is 287 g/mol. The van der Waals surface area contributed by atoms with E-state index < -0.39 is 0 Å². The van der Waals surface area contributed by atoms with Gasteiger partial charge in [-0.25, -0.2) is 4.68 Å². The molecule has 7 nitrogen and oxygen atoms in total. The molecule has 0 radical (unpaired) electrons. The molecular weight excluding hydrogens is 274 g/mol. The van der Waals surface area contributed by atoms with Crippen molar-refractivity contribution < 1.29 is 0 Å². The van der Waals surface area contributed by atoms with E-state index in [9.17, 15) is 0 Å². The second-order valence-electron chi connectivity index (χ2n) is 4.25. The Labute approximate surface area is 120 Å². The number of hydrogen-bond donors (Lipinski definition) is 0. The third-order valence-corrected chi connectivity index (χ3v) is 3.81. The fourth-order valence-corrected chi connectivity index (χ4v) is 2.56. The minimum Gasteiger partial charge on any atom is -0.312 e. The average Bonchev–Trinajstić information content (AvgIpc) is 3.07. The summed E-state index contributed by atoms with van der Waals surface area (Å²) < 4.78 is 3.68. The zero-order valence-electron chi connectivity index (χ0n) is 10.9. The second kappa shape index (κ2) is 5.83. The Kier molecular flexibility index (Phi) is 3.73. The Morgan fingerprint density at radius 3 is 2.75 bits per heavy atom. The summed E-state index contributed by atoms with van der Waals surface area (Å²) in [4.78, 5) is 0. The molecule has 3 rings (SSSR count). The van der Waals surface area contributed by atoms with Crippen molar-refractivity contribution in [3.63, 3.8) is 0 Å². The predicted molar refractivity (Wildman–Crippen MR) is 73.9 cm³/mol. The van der Waals surface area contributed by atoms with Crippen LogP contribution in [0.25, 0.3) is 0 Å². The van der Waals surface area contributed by atoms with Gasteiger partial charge in [-0.1, -0.05) is 42.1 Å². The fourth-order valence-electron chi connectivity index (χ4n) is 1.74. The van der Waals surface area contributed by atoms with Gasteiger partial charge in [-0.2, -0.15) is 0 Å². The van der Waals surface area contributed by atoms with Crippen LogP contribution in [-0.4, -0.2) is 35.0 Å². The van der Waals surface area contributed by atoms with E-state index in [0.717, 1.165) is 11.0 Å². The molecular formula is C12H13N7S. The van der Waals surface area contributed by atoms with Crippen LogP contribution >= 0.6 is 11.8 Å². The molecule has 102 valence electrons. The number of benzene rings is 1. The molecule has 0 amide bonds. The number of rotatable bonds is 5. The Balaban J connectivity index is 1.69. The van der Waals surface area contributed by atoms with E-state index >= 15 is 0 Å². The Hall–Kier alpha value is -2.22. The third kappa shape index (κ3) is 2.85. The highest BCUT2D eigenvalue weighted by Crippen LogP contribution is 2.18. The predicted octanol–water partition coefficient (Wildman–Crippen LogP) is 1.14. The molecule has 0 spiro atoms. The van der Waals surface area contributed by atoms with E-state index in [1.165, 1.54) is 5.56 Å². The zero-order valence-corrected chi connectivity index (χ0v) is 11.7. The van der Waals surface area contributed by atoms with Gasteiger partial charge in [0.2, 0.25) is 0 Å². The summed E-state index contributed by atoms with van der Waals surface area (Å²) in [6.45, 7) is 0.669. The van der Waals surface area contributed by atoms with Crippen molar-refractivity contribution in [3.05, 3.63) is 48.0 Å². The van der Waals surface area contributed by atoms with E-state index in [1.54, 1.807) is 22.8 Å². The quantitative estimate of drug-likeness (QED) is 0.655. The van der Waals surface area contributed by atoms with E-state index in [2.05, 4.69) is 37.9 Å². The lowest BCUT2D eigenvalue weighted by Gasteiger charge is -2.04. The summed E-state index contributed by atoms with van der Waals surface area (Å²) in [5, 5.41) is 20.6. The van der Waals surface area contributed by atoms with E-state index in [0.29, 0.717) is 12.3 Å². The first-order valence-electron chi connectivity index (χ1n) is 6.08. The minimum absolute atomic E-state index is 0.659. The van der Waals surface area contributed by atoms with Crippen LogP contribution in [0, 0.1) is 0 Å². The van der Waals surface area contributed by atoms with Gasteiger partial charge >= 0.3 is 0 Å². The van der Waals surface area contributed by atoms with Crippen LogP contribution in [0.2, 0.25) is 0 Å². The number of aromatic nitrogens is 7. The van der Waals surface area contributed by atoms with Gasteiger partial charge in [0.15, 0.2) is 11.0 Å². The van der Waals surface area contributed by atoms with Gasteiger partial charge in [0.05, 0.1) is 12.3 Å². The Bertz CT molecular complexity index is 676. The van der Waals surface area contributed by atoms with Crippen LogP contribution in [0.1, 0.15) is 11.4 Å². The molecule has 0 unspecified atom stereocenters. The second-order valence-corrected chi connectivity index (χ2v) is 5.19. The summed E-state index contributed by atoms with van der Waals surface area (Å²) in [6.07, 6.45) is 1.68. The van der Waals surface area contributed by atoms with Gasteiger partial charge in [-0.05, 0) is 16.0 Å². The number of tetrazole rings is 1. The topological polar surface area (TPSA) is 74.3 Å². The van der Waals surface area contributed by atoms with Crippen molar-refractivity contribution in [1.29, 1.82) is 0 Å². The lowest BCUT2D eigenvalue weighted by atomic mass is 10.2. The maximum absolute atomic E-state index is 4.07. The molecule has 0 bridgehead atoms. The molecule has 8 heteroatoms. The van der Waals surface area contributed by atoms with Crippen molar-refractivity contribution in [2.75, 3.05) is 0 Å². The molecule has 0 atom stereocenters. The Morgan fingerprint density at radius 1 is 1.15 bits per heavy atom. The first kappa shape index (κ1) is 12.8. The number of thioether (sulfide) groups is 1. The summed E-state index contributed by atoms with van der Waals surface area (Å²) in [7, 11) is 1.91. The lowest BCUT2D eigenvalue weighted by molar-refractivity contribution is 0.631. The molecule has 0 saturated heterocycles. The zero-order chi connectivity index (χ0) is 13.8. The molecule has 0 fully saturated rings. The van der Waals surface area contributed by atoms with Crippen molar-refractivity contribution in [2.24, 2.45) is 7.05 Å². The molecule has 3 aromatic rings. The van der Waals surface area contributed by atoms with Gasteiger partial charge in [-0.3, -0.25) is 0 Å². The maximum Gasteiger partial charge on any atom is 0.191 e. The van der Waals surface area contributed by atoms with Gasteiger partial charge in [-0.15, -0.1) is 15.3 Å². The molecule has 0 N–H and O–H groups in total. The minimum atomic E-state index is 0.659. The summed E-state index contributed by atoms with van der Waals surface area (Å²) in [5.74, 6) is 1.48. The Morgan fingerprint density at radius 2 is 2.00 bits per heavy atom. The van der Waals surface area contributed by atoms with Crippen LogP contribution in [-0.2, 0) is 19.3 Å². The van der Waals surface area contributed by atoms with E-state index in [4.69, 9.17) is 0 Å². The van der Waals surface area contributed by atoms with Crippen LogP contribution in [0.3, 0.4) is 0 Å².